The normalized spacial score (nSPS) is 22.5. The molecule has 4 heterocycles. The number of ketones is 1. The summed E-state index contributed by atoms with van der Waals surface area (Å²) < 4.78 is 33.0. The van der Waals surface area contributed by atoms with Crippen molar-refractivity contribution in [2.75, 3.05) is 44.3 Å². The summed E-state index contributed by atoms with van der Waals surface area (Å²) in [4.78, 5) is 47.3. The molecule has 1 aromatic carbocycles. The smallest absolute Gasteiger partial charge is 0.251 e. The van der Waals surface area contributed by atoms with E-state index in [-0.39, 0.29) is 35.6 Å². The predicted molar refractivity (Wildman–Crippen MR) is 143 cm³/mol. The number of benzene rings is 1. The van der Waals surface area contributed by atoms with E-state index in [0.29, 0.717) is 38.0 Å². The maximum Gasteiger partial charge on any atom is 0.251 e. The van der Waals surface area contributed by atoms with Crippen LogP contribution in [-0.2, 0) is 24.3 Å². The van der Waals surface area contributed by atoms with Gasteiger partial charge in [-0.05, 0) is 49.2 Å². The Balaban J connectivity index is 1.28. The average Bonchev–Trinajstić information content (AvgIpc) is 3.55. The lowest BCUT2D eigenvalue weighted by atomic mass is 10.1. The fourth-order valence-corrected chi connectivity index (χ4v) is 7.20. The number of hydrogen-bond donors (Lipinski definition) is 1. The Labute approximate surface area is 228 Å². The van der Waals surface area contributed by atoms with Gasteiger partial charge < -0.3 is 19.9 Å². The quantitative estimate of drug-likeness (QED) is 0.512. The summed E-state index contributed by atoms with van der Waals surface area (Å²) in [5.41, 5.74) is 1.44. The number of amides is 2. The van der Waals surface area contributed by atoms with Crippen LogP contribution in [0.1, 0.15) is 36.5 Å². The van der Waals surface area contributed by atoms with Crippen molar-refractivity contribution in [2.45, 2.75) is 49.2 Å². The SMILES string of the molecule is CCCC(NC(=O)c1ccc(N2CCOCC2)cc1)C(=O)N1CCC2C1C(=O)CN2S(=O)(=O)c1cccnc1. The molecule has 1 N–H and O–H groups in total. The van der Waals surface area contributed by atoms with E-state index in [4.69, 9.17) is 4.74 Å². The minimum absolute atomic E-state index is 0.0130. The fourth-order valence-electron chi connectivity index (χ4n) is 5.61. The number of nitrogens with one attached hydrogen (secondary N) is 1. The van der Waals surface area contributed by atoms with Gasteiger partial charge in [-0.15, -0.1) is 0 Å². The van der Waals surface area contributed by atoms with E-state index in [9.17, 15) is 22.8 Å². The first-order chi connectivity index (χ1) is 18.8. The van der Waals surface area contributed by atoms with Crippen molar-refractivity contribution in [2.24, 2.45) is 0 Å². The molecule has 0 bridgehead atoms. The van der Waals surface area contributed by atoms with E-state index in [1.807, 2.05) is 19.1 Å². The molecule has 3 atom stereocenters. The third-order valence-electron chi connectivity index (χ3n) is 7.59. The molecule has 0 aliphatic carbocycles. The third-order valence-corrected chi connectivity index (χ3v) is 9.44. The molecule has 11 nitrogen and oxygen atoms in total. The van der Waals surface area contributed by atoms with Crippen LogP contribution >= 0.6 is 0 Å². The van der Waals surface area contributed by atoms with Crippen molar-refractivity contribution in [1.29, 1.82) is 0 Å². The maximum atomic E-state index is 13.6. The van der Waals surface area contributed by atoms with Gasteiger partial charge in [-0.3, -0.25) is 19.4 Å². The molecule has 39 heavy (non-hydrogen) atoms. The van der Waals surface area contributed by atoms with Gasteiger partial charge in [-0.1, -0.05) is 13.3 Å². The molecule has 3 aliphatic heterocycles. The Hall–Kier alpha value is -3.35. The number of aromatic nitrogens is 1. The lowest BCUT2D eigenvalue weighted by molar-refractivity contribution is -0.138. The van der Waals surface area contributed by atoms with Crippen LogP contribution in [0.3, 0.4) is 0 Å². The molecule has 12 heteroatoms. The van der Waals surface area contributed by atoms with Gasteiger partial charge in [0.2, 0.25) is 15.9 Å². The minimum atomic E-state index is -3.94. The maximum absolute atomic E-state index is 13.6. The van der Waals surface area contributed by atoms with Gasteiger partial charge in [0.05, 0.1) is 25.8 Å². The molecule has 3 unspecified atom stereocenters. The molecule has 0 radical (unpaired) electrons. The molecule has 2 amide bonds. The van der Waals surface area contributed by atoms with Crippen LogP contribution in [0.15, 0.2) is 53.7 Å². The second kappa shape index (κ2) is 11.4. The van der Waals surface area contributed by atoms with Crippen molar-refractivity contribution in [1.82, 2.24) is 19.5 Å². The number of carbonyl (C=O) groups excluding carboxylic acids is 3. The van der Waals surface area contributed by atoms with Crippen molar-refractivity contribution >= 4 is 33.3 Å². The molecule has 5 rings (SSSR count). The number of sulfonamides is 1. The van der Waals surface area contributed by atoms with E-state index in [2.05, 4.69) is 15.2 Å². The molecule has 1 aromatic heterocycles. The highest BCUT2D eigenvalue weighted by atomic mass is 32.2. The summed E-state index contributed by atoms with van der Waals surface area (Å²) in [5.74, 6) is -1.06. The van der Waals surface area contributed by atoms with Gasteiger partial charge in [0, 0.05) is 43.3 Å². The number of ether oxygens (including phenoxy) is 1. The lowest BCUT2D eigenvalue weighted by Gasteiger charge is -2.29. The Bertz CT molecular complexity index is 1310. The molecular weight excluding hydrogens is 522 g/mol. The zero-order valence-corrected chi connectivity index (χ0v) is 22.7. The van der Waals surface area contributed by atoms with Gasteiger partial charge in [-0.2, -0.15) is 4.31 Å². The van der Waals surface area contributed by atoms with Crippen LogP contribution in [-0.4, -0.2) is 97.7 Å². The summed E-state index contributed by atoms with van der Waals surface area (Å²) in [6.45, 7) is 4.76. The number of rotatable bonds is 8. The van der Waals surface area contributed by atoms with Crippen molar-refractivity contribution in [3.63, 3.8) is 0 Å². The Morgan fingerprint density at radius 3 is 2.54 bits per heavy atom. The van der Waals surface area contributed by atoms with Crippen LogP contribution < -0.4 is 10.2 Å². The van der Waals surface area contributed by atoms with E-state index >= 15 is 0 Å². The first-order valence-corrected chi connectivity index (χ1v) is 14.7. The van der Waals surface area contributed by atoms with Gasteiger partial charge in [0.15, 0.2) is 5.78 Å². The van der Waals surface area contributed by atoms with Crippen molar-refractivity contribution in [3.8, 4) is 0 Å². The van der Waals surface area contributed by atoms with Gasteiger partial charge in [0.1, 0.15) is 17.0 Å². The summed E-state index contributed by atoms with van der Waals surface area (Å²) in [7, 11) is -3.94. The molecule has 3 saturated heterocycles. The van der Waals surface area contributed by atoms with Crippen LogP contribution in [0.25, 0.3) is 0 Å². The van der Waals surface area contributed by atoms with Crippen LogP contribution in [0, 0.1) is 0 Å². The largest absolute Gasteiger partial charge is 0.378 e. The zero-order valence-electron chi connectivity index (χ0n) is 21.9. The number of pyridine rings is 1. The number of morpholine rings is 1. The molecule has 3 aliphatic rings. The summed E-state index contributed by atoms with van der Waals surface area (Å²) in [6, 6.07) is 7.89. The molecular formula is C27H33N5O6S. The second-order valence-corrected chi connectivity index (χ2v) is 11.9. The number of nitrogens with zero attached hydrogens (tertiary/aromatic N) is 4. The van der Waals surface area contributed by atoms with E-state index in [0.717, 1.165) is 18.8 Å². The Morgan fingerprint density at radius 1 is 1.13 bits per heavy atom. The highest BCUT2D eigenvalue weighted by Crippen LogP contribution is 2.34. The minimum Gasteiger partial charge on any atom is -0.378 e. The van der Waals surface area contributed by atoms with Gasteiger partial charge in [0.25, 0.3) is 5.91 Å². The first-order valence-electron chi connectivity index (χ1n) is 13.3. The van der Waals surface area contributed by atoms with Crippen LogP contribution in [0.2, 0.25) is 0 Å². The monoisotopic (exact) mass is 555 g/mol. The lowest BCUT2D eigenvalue weighted by Crippen LogP contribution is -2.52. The summed E-state index contributed by atoms with van der Waals surface area (Å²) in [6.07, 6.45) is 4.12. The summed E-state index contributed by atoms with van der Waals surface area (Å²) in [5, 5.41) is 2.86. The highest BCUT2D eigenvalue weighted by molar-refractivity contribution is 7.89. The predicted octanol–water partition coefficient (Wildman–Crippen LogP) is 1.06. The van der Waals surface area contributed by atoms with E-state index in [1.165, 1.54) is 33.7 Å². The molecule has 0 spiro atoms. The number of carbonyl (C=O) groups is 3. The number of likely N-dealkylation sites (tertiary alicyclic amines) is 1. The number of Topliss-reactive ketones (excluding diaryl/α,β-unsaturated/α-hetero) is 1. The van der Waals surface area contributed by atoms with Crippen molar-refractivity contribution in [3.05, 3.63) is 54.4 Å². The molecule has 2 aromatic rings. The number of hydrogen-bond acceptors (Lipinski definition) is 8. The topological polar surface area (TPSA) is 129 Å². The van der Waals surface area contributed by atoms with Gasteiger partial charge >= 0.3 is 0 Å². The van der Waals surface area contributed by atoms with E-state index in [1.54, 1.807) is 12.1 Å². The van der Waals surface area contributed by atoms with Crippen LogP contribution in [0.4, 0.5) is 5.69 Å². The number of anilines is 1. The van der Waals surface area contributed by atoms with Crippen LogP contribution in [0.5, 0.6) is 0 Å². The standard InChI is InChI=1S/C27H33N5O6S/c1-2-4-22(29-26(34)19-6-8-20(9-7-19)30-13-15-38-16-14-30)27(35)31-12-10-23-25(31)24(33)18-32(23)39(36,37)21-5-3-11-28-17-21/h3,5-9,11,17,22-23,25H,2,4,10,12-16,18H2,1H3,(H,29,34). The molecule has 208 valence electrons. The highest BCUT2D eigenvalue weighted by Gasteiger charge is 2.54. The van der Waals surface area contributed by atoms with Gasteiger partial charge in [-0.25, -0.2) is 8.42 Å². The molecule has 3 fully saturated rings. The average molecular weight is 556 g/mol. The second-order valence-electron chi connectivity index (χ2n) is 10.00. The zero-order chi connectivity index (χ0) is 27.6. The fraction of sp³-hybridized carbons (Fsp3) is 0.481. The Kier molecular flexibility index (Phi) is 7.96. The Morgan fingerprint density at radius 2 is 1.87 bits per heavy atom. The third kappa shape index (κ3) is 5.41. The summed E-state index contributed by atoms with van der Waals surface area (Å²) >= 11 is 0. The van der Waals surface area contributed by atoms with E-state index < -0.39 is 28.1 Å². The number of fused-ring (bicyclic) bond motifs is 1. The van der Waals surface area contributed by atoms with Crippen molar-refractivity contribution < 1.29 is 27.5 Å². The molecule has 0 saturated carbocycles. The first kappa shape index (κ1) is 27.2.